The SMILES string of the molecule is CSc1ccc(CNC2CC(C)(C)Cc3nc(N4CCOCC4)ncc32)cc1. The maximum absolute atomic E-state index is 5.46. The molecule has 4 rings (SSSR count). The minimum Gasteiger partial charge on any atom is -0.378 e. The van der Waals surface area contributed by atoms with Crippen LogP contribution in [0.4, 0.5) is 5.95 Å². The molecule has 0 amide bonds. The van der Waals surface area contributed by atoms with E-state index in [1.807, 2.05) is 0 Å². The molecule has 0 saturated carbocycles. The molecule has 1 atom stereocenters. The average Bonchev–Trinajstić information content (AvgIpc) is 2.72. The highest BCUT2D eigenvalue weighted by molar-refractivity contribution is 7.98. The first-order valence-electron chi connectivity index (χ1n) is 10.1. The van der Waals surface area contributed by atoms with Gasteiger partial charge in [0.1, 0.15) is 0 Å². The molecule has 1 aromatic heterocycles. The van der Waals surface area contributed by atoms with Gasteiger partial charge in [-0.05, 0) is 42.2 Å². The van der Waals surface area contributed by atoms with E-state index < -0.39 is 0 Å². The summed E-state index contributed by atoms with van der Waals surface area (Å²) in [5.41, 5.74) is 4.00. The summed E-state index contributed by atoms with van der Waals surface area (Å²) in [7, 11) is 0. The molecule has 2 aliphatic rings. The van der Waals surface area contributed by atoms with Gasteiger partial charge in [-0.1, -0.05) is 26.0 Å². The van der Waals surface area contributed by atoms with Crippen molar-refractivity contribution in [3.8, 4) is 0 Å². The highest BCUT2D eigenvalue weighted by Crippen LogP contribution is 2.40. The Kier molecular flexibility index (Phi) is 5.90. The van der Waals surface area contributed by atoms with Crippen molar-refractivity contribution in [3.05, 3.63) is 47.3 Å². The van der Waals surface area contributed by atoms with Crippen LogP contribution in [0.5, 0.6) is 0 Å². The lowest BCUT2D eigenvalue weighted by molar-refractivity contribution is 0.122. The molecular formula is C22H30N4OS. The van der Waals surface area contributed by atoms with Crippen molar-refractivity contribution in [3.63, 3.8) is 0 Å². The first kappa shape index (κ1) is 19.7. The zero-order chi connectivity index (χ0) is 19.6. The fourth-order valence-corrected chi connectivity index (χ4v) is 4.53. The van der Waals surface area contributed by atoms with E-state index in [0.29, 0.717) is 0 Å². The third-order valence-corrected chi connectivity index (χ3v) is 6.41. The van der Waals surface area contributed by atoms with Gasteiger partial charge in [-0.25, -0.2) is 9.97 Å². The molecule has 1 aromatic carbocycles. The number of rotatable bonds is 5. The molecule has 0 radical (unpaired) electrons. The van der Waals surface area contributed by atoms with Crippen molar-refractivity contribution in [1.29, 1.82) is 0 Å². The van der Waals surface area contributed by atoms with Gasteiger partial charge in [0.2, 0.25) is 5.95 Å². The Labute approximate surface area is 172 Å². The monoisotopic (exact) mass is 398 g/mol. The van der Waals surface area contributed by atoms with Crippen molar-refractivity contribution in [2.24, 2.45) is 5.41 Å². The lowest BCUT2D eigenvalue weighted by atomic mass is 9.74. The number of fused-ring (bicyclic) bond motifs is 1. The Hall–Kier alpha value is -1.63. The summed E-state index contributed by atoms with van der Waals surface area (Å²) in [6.45, 7) is 8.80. The zero-order valence-corrected chi connectivity index (χ0v) is 17.9. The summed E-state index contributed by atoms with van der Waals surface area (Å²) in [6, 6.07) is 9.10. The molecule has 0 spiro atoms. The van der Waals surface area contributed by atoms with E-state index in [-0.39, 0.29) is 11.5 Å². The lowest BCUT2D eigenvalue weighted by Crippen LogP contribution is -2.39. The molecule has 28 heavy (non-hydrogen) atoms. The molecule has 6 heteroatoms. The van der Waals surface area contributed by atoms with E-state index in [9.17, 15) is 0 Å². The van der Waals surface area contributed by atoms with Crippen molar-refractivity contribution in [2.45, 2.75) is 44.2 Å². The highest BCUT2D eigenvalue weighted by atomic mass is 32.2. The molecule has 1 aliphatic carbocycles. The van der Waals surface area contributed by atoms with E-state index in [2.05, 4.69) is 60.8 Å². The first-order valence-corrected chi connectivity index (χ1v) is 11.3. The zero-order valence-electron chi connectivity index (χ0n) is 17.1. The third kappa shape index (κ3) is 4.50. The fourth-order valence-electron chi connectivity index (χ4n) is 4.12. The molecule has 0 bridgehead atoms. The molecule has 2 aromatic rings. The van der Waals surface area contributed by atoms with E-state index in [1.54, 1.807) is 11.8 Å². The Morgan fingerprint density at radius 1 is 1.21 bits per heavy atom. The number of aromatic nitrogens is 2. The van der Waals surface area contributed by atoms with Gasteiger partial charge in [0, 0.05) is 42.3 Å². The maximum atomic E-state index is 5.46. The van der Waals surface area contributed by atoms with E-state index in [1.165, 1.54) is 21.7 Å². The van der Waals surface area contributed by atoms with Gasteiger partial charge in [-0.3, -0.25) is 0 Å². The number of hydrogen-bond acceptors (Lipinski definition) is 6. The van der Waals surface area contributed by atoms with E-state index >= 15 is 0 Å². The molecule has 1 aliphatic heterocycles. The number of nitrogens with zero attached hydrogens (tertiary/aromatic N) is 3. The normalized spacial score (nSPS) is 21.4. The van der Waals surface area contributed by atoms with Gasteiger partial charge >= 0.3 is 0 Å². The Morgan fingerprint density at radius 2 is 1.96 bits per heavy atom. The number of hydrogen-bond donors (Lipinski definition) is 1. The predicted octanol–water partition coefficient (Wildman–Crippen LogP) is 3.84. The molecule has 1 fully saturated rings. The number of ether oxygens (including phenoxy) is 1. The number of anilines is 1. The minimum absolute atomic E-state index is 0.226. The van der Waals surface area contributed by atoms with Gasteiger partial charge in [0.15, 0.2) is 0 Å². The van der Waals surface area contributed by atoms with Gasteiger partial charge in [-0.15, -0.1) is 11.8 Å². The third-order valence-electron chi connectivity index (χ3n) is 5.67. The first-order chi connectivity index (χ1) is 13.5. The number of nitrogens with one attached hydrogen (secondary N) is 1. The second kappa shape index (κ2) is 8.39. The number of benzene rings is 1. The molecule has 5 nitrogen and oxygen atoms in total. The number of morpholine rings is 1. The van der Waals surface area contributed by atoms with Gasteiger partial charge in [-0.2, -0.15) is 0 Å². The summed E-state index contributed by atoms with van der Waals surface area (Å²) in [4.78, 5) is 13.2. The molecule has 2 heterocycles. The minimum atomic E-state index is 0.226. The smallest absolute Gasteiger partial charge is 0.225 e. The van der Waals surface area contributed by atoms with Crippen LogP contribution in [0.15, 0.2) is 35.4 Å². The summed E-state index contributed by atoms with van der Waals surface area (Å²) in [5.74, 6) is 0.853. The van der Waals surface area contributed by atoms with Gasteiger partial charge < -0.3 is 15.0 Å². The molecule has 1 saturated heterocycles. The average molecular weight is 399 g/mol. The van der Waals surface area contributed by atoms with E-state index in [4.69, 9.17) is 14.7 Å². The maximum Gasteiger partial charge on any atom is 0.225 e. The van der Waals surface area contributed by atoms with Crippen molar-refractivity contribution >= 4 is 17.7 Å². The van der Waals surface area contributed by atoms with Crippen LogP contribution in [0.2, 0.25) is 0 Å². The van der Waals surface area contributed by atoms with Crippen LogP contribution in [0, 0.1) is 5.41 Å². The van der Waals surface area contributed by atoms with Crippen LogP contribution >= 0.6 is 11.8 Å². The molecule has 1 unspecified atom stereocenters. The second-order valence-electron chi connectivity index (χ2n) is 8.50. The van der Waals surface area contributed by atoms with Crippen LogP contribution in [0.3, 0.4) is 0 Å². The Bertz CT molecular complexity index is 803. The quantitative estimate of drug-likeness (QED) is 0.773. The van der Waals surface area contributed by atoms with Crippen LogP contribution in [0.25, 0.3) is 0 Å². The molecule has 150 valence electrons. The van der Waals surface area contributed by atoms with Crippen molar-refractivity contribution in [1.82, 2.24) is 15.3 Å². The van der Waals surface area contributed by atoms with Gasteiger partial charge in [0.05, 0.1) is 18.9 Å². The van der Waals surface area contributed by atoms with Crippen molar-refractivity contribution < 1.29 is 4.74 Å². The van der Waals surface area contributed by atoms with Crippen molar-refractivity contribution in [2.75, 3.05) is 37.5 Å². The topological polar surface area (TPSA) is 50.3 Å². The highest BCUT2D eigenvalue weighted by Gasteiger charge is 2.34. The van der Waals surface area contributed by atoms with Crippen LogP contribution in [-0.4, -0.2) is 42.5 Å². The van der Waals surface area contributed by atoms with Gasteiger partial charge in [0.25, 0.3) is 0 Å². The summed E-state index contributed by atoms with van der Waals surface area (Å²) in [5, 5.41) is 3.77. The Morgan fingerprint density at radius 3 is 2.68 bits per heavy atom. The molecular weight excluding hydrogens is 368 g/mol. The largest absolute Gasteiger partial charge is 0.378 e. The second-order valence-corrected chi connectivity index (χ2v) is 9.38. The van der Waals surface area contributed by atoms with Crippen LogP contribution in [0.1, 0.15) is 43.1 Å². The summed E-state index contributed by atoms with van der Waals surface area (Å²) in [6.07, 6.45) is 6.27. The standard InChI is InChI=1S/C22H30N4OS/c1-22(2)12-19(23-14-16-4-6-17(28-3)7-5-16)18-15-24-21(25-20(18)13-22)26-8-10-27-11-9-26/h4-7,15,19,23H,8-14H2,1-3H3. The number of thioether (sulfide) groups is 1. The fraction of sp³-hybridized carbons (Fsp3) is 0.545. The Balaban J connectivity index is 1.52. The lowest BCUT2D eigenvalue weighted by Gasteiger charge is -2.37. The summed E-state index contributed by atoms with van der Waals surface area (Å²) < 4.78 is 5.46. The molecule has 1 N–H and O–H groups in total. The van der Waals surface area contributed by atoms with Crippen LogP contribution < -0.4 is 10.2 Å². The van der Waals surface area contributed by atoms with E-state index in [0.717, 1.165) is 51.6 Å². The van der Waals surface area contributed by atoms with Crippen LogP contribution in [-0.2, 0) is 17.7 Å². The summed E-state index contributed by atoms with van der Waals surface area (Å²) >= 11 is 1.78. The predicted molar refractivity (Wildman–Crippen MR) is 115 cm³/mol.